The number of likely N-dealkylation sites (tertiary alicyclic amines) is 1. The maximum atomic E-state index is 12.8. The Morgan fingerprint density at radius 3 is 2.55 bits per heavy atom. The Morgan fingerprint density at radius 2 is 1.77 bits per heavy atom. The summed E-state index contributed by atoms with van der Waals surface area (Å²) >= 11 is 6.01. The van der Waals surface area contributed by atoms with Crippen molar-refractivity contribution in [3.05, 3.63) is 70.2 Å². The number of halogens is 1. The van der Waals surface area contributed by atoms with E-state index >= 15 is 0 Å². The van der Waals surface area contributed by atoms with Crippen molar-refractivity contribution in [3.8, 4) is 0 Å². The van der Waals surface area contributed by atoms with Crippen LogP contribution in [0.1, 0.15) is 40.7 Å². The first-order valence-corrected chi connectivity index (χ1v) is 8.22. The molecule has 1 aliphatic heterocycles. The highest BCUT2D eigenvalue weighted by Gasteiger charge is 2.17. The Balaban J connectivity index is 1.85. The molecular formula is C19H20ClNO. The molecule has 0 amide bonds. The van der Waals surface area contributed by atoms with Gasteiger partial charge in [-0.25, -0.2) is 0 Å². The first-order chi connectivity index (χ1) is 10.7. The van der Waals surface area contributed by atoms with Crippen LogP contribution < -0.4 is 0 Å². The first-order valence-electron chi connectivity index (χ1n) is 7.84. The van der Waals surface area contributed by atoms with E-state index in [0.29, 0.717) is 10.6 Å². The summed E-state index contributed by atoms with van der Waals surface area (Å²) in [6, 6.07) is 15.1. The number of nitrogens with zero attached hydrogens (tertiary/aromatic N) is 1. The molecule has 1 aliphatic rings. The normalized spacial score (nSPS) is 15.7. The number of hydrogen-bond donors (Lipinski definition) is 0. The van der Waals surface area contributed by atoms with Gasteiger partial charge in [0, 0.05) is 22.7 Å². The number of hydrogen-bond acceptors (Lipinski definition) is 2. The predicted octanol–water partition coefficient (Wildman–Crippen LogP) is 4.56. The number of piperidine rings is 1. The third kappa shape index (κ3) is 3.57. The van der Waals surface area contributed by atoms with Crippen LogP contribution in [0.2, 0.25) is 5.02 Å². The molecule has 0 spiro atoms. The maximum Gasteiger partial charge on any atom is 0.193 e. The molecule has 0 unspecified atom stereocenters. The van der Waals surface area contributed by atoms with Gasteiger partial charge < -0.3 is 0 Å². The zero-order valence-corrected chi connectivity index (χ0v) is 13.4. The molecule has 2 aromatic rings. The molecule has 114 valence electrons. The molecule has 3 rings (SSSR count). The highest BCUT2D eigenvalue weighted by molar-refractivity contribution is 6.31. The third-order valence-corrected chi connectivity index (χ3v) is 4.43. The molecule has 1 heterocycles. The van der Waals surface area contributed by atoms with Crippen LogP contribution in [0.25, 0.3) is 0 Å². The van der Waals surface area contributed by atoms with Gasteiger partial charge in [-0.1, -0.05) is 54.4 Å². The van der Waals surface area contributed by atoms with Crippen molar-refractivity contribution in [1.29, 1.82) is 0 Å². The van der Waals surface area contributed by atoms with E-state index in [1.54, 1.807) is 12.1 Å². The average molecular weight is 314 g/mol. The van der Waals surface area contributed by atoms with Crippen LogP contribution in [0.15, 0.2) is 48.5 Å². The molecular weight excluding hydrogens is 294 g/mol. The van der Waals surface area contributed by atoms with Gasteiger partial charge in [0.15, 0.2) is 5.78 Å². The van der Waals surface area contributed by atoms with Crippen molar-refractivity contribution in [2.45, 2.75) is 25.8 Å². The van der Waals surface area contributed by atoms with Gasteiger partial charge in [0.25, 0.3) is 0 Å². The topological polar surface area (TPSA) is 20.3 Å². The van der Waals surface area contributed by atoms with Crippen molar-refractivity contribution in [2.24, 2.45) is 0 Å². The van der Waals surface area contributed by atoms with Crippen LogP contribution in [0.4, 0.5) is 0 Å². The van der Waals surface area contributed by atoms with E-state index < -0.39 is 0 Å². The summed E-state index contributed by atoms with van der Waals surface area (Å²) in [6.07, 6.45) is 3.83. The molecule has 0 atom stereocenters. The smallest absolute Gasteiger partial charge is 0.193 e. The minimum Gasteiger partial charge on any atom is -0.299 e. The number of benzene rings is 2. The molecule has 1 saturated heterocycles. The van der Waals surface area contributed by atoms with Gasteiger partial charge in [-0.2, -0.15) is 0 Å². The standard InChI is InChI=1S/C19H20ClNO/c20-17-9-6-8-15(13-17)19(22)18-10-3-2-7-16(18)14-21-11-4-1-5-12-21/h2-3,6-10,13H,1,4-5,11-12,14H2. The molecule has 0 aromatic heterocycles. The fourth-order valence-electron chi connectivity index (χ4n) is 3.02. The van der Waals surface area contributed by atoms with Crippen LogP contribution in [0.5, 0.6) is 0 Å². The lowest BCUT2D eigenvalue weighted by atomic mass is 9.97. The monoisotopic (exact) mass is 313 g/mol. The number of carbonyl (C=O) groups excluding carboxylic acids is 1. The second kappa shape index (κ2) is 7.08. The van der Waals surface area contributed by atoms with Crippen molar-refractivity contribution in [2.75, 3.05) is 13.1 Å². The summed E-state index contributed by atoms with van der Waals surface area (Å²) in [6.45, 7) is 3.10. The first kappa shape index (κ1) is 15.3. The van der Waals surface area contributed by atoms with Gasteiger partial charge in [0.2, 0.25) is 0 Å². The van der Waals surface area contributed by atoms with Crippen LogP contribution in [-0.2, 0) is 6.54 Å². The predicted molar refractivity (Wildman–Crippen MR) is 90.5 cm³/mol. The highest BCUT2D eigenvalue weighted by Crippen LogP contribution is 2.20. The van der Waals surface area contributed by atoms with Crippen LogP contribution in [0.3, 0.4) is 0 Å². The summed E-state index contributed by atoms with van der Waals surface area (Å²) in [5.74, 6) is 0.0510. The Hall–Kier alpha value is -1.64. The zero-order valence-electron chi connectivity index (χ0n) is 12.6. The minimum atomic E-state index is 0.0510. The summed E-state index contributed by atoms with van der Waals surface area (Å²) < 4.78 is 0. The van der Waals surface area contributed by atoms with Gasteiger partial charge in [-0.05, 0) is 43.6 Å². The van der Waals surface area contributed by atoms with E-state index in [0.717, 1.165) is 30.8 Å². The van der Waals surface area contributed by atoms with E-state index in [9.17, 15) is 4.79 Å². The number of ketones is 1. The molecule has 3 heteroatoms. The molecule has 1 fully saturated rings. The van der Waals surface area contributed by atoms with E-state index in [2.05, 4.69) is 11.0 Å². The van der Waals surface area contributed by atoms with E-state index in [-0.39, 0.29) is 5.78 Å². The van der Waals surface area contributed by atoms with Gasteiger partial charge in [-0.3, -0.25) is 9.69 Å². The second-order valence-electron chi connectivity index (χ2n) is 5.83. The largest absolute Gasteiger partial charge is 0.299 e. The Kier molecular flexibility index (Phi) is 4.91. The third-order valence-electron chi connectivity index (χ3n) is 4.19. The van der Waals surface area contributed by atoms with Gasteiger partial charge in [-0.15, -0.1) is 0 Å². The SMILES string of the molecule is O=C(c1cccc(Cl)c1)c1ccccc1CN1CCCCC1. The van der Waals surface area contributed by atoms with Gasteiger partial charge >= 0.3 is 0 Å². The summed E-state index contributed by atoms with van der Waals surface area (Å²) in [5, 5.41) is 0.597. The molecule has 22 heavy (non-hydrogen) atoms. The van der Waals surface area contributed by atoms with Crippen molar-refractivity contribution in [1.82, 2.24) is 4.90 Å². The Bertz CT molecular complexity index is 662. The number of rotatable bonds is 4. The Morgan fingerprint density at radius 1 is 1.00 bits per heavy atom. The molecule has 0 radical (unpaired) electrons. The van der Waals surface area contributed by atoms with Crippen molar-refractivity contribution < 1.29 is 4.79 Å². The van der Waals surface area contributed by atoms with Crippen molar-refractivity contribution in [3.63, 3.8) is 0 Å². The lowest BCUT2D eigenvalue weighted by Crippen LogP contribution is -2.29. The molecule has 0 N–H and O–H groups in total. The second-order valence-corrected chi connectivity index (χ2v) is 6.27. The fourth-order valence-corrected chi connectivity index (χ4v) is 3.21. The van der Waals surface area contributed by atoms with Crippen LogP contribution in [0, 0.1) is 0 Å². The Labute approximate surface area is 136 Å². The quantitative estimate of drug-likeness (QED) is 0.771. The van der Waals surface area contributed by atoms with Crippen molar-refractivity contribution >= 4 is 17.4 Å². The summed E-state index contributed by atoms with van der Waals surface area (Å²) in [5.41, 5.74) is 2.54. The fraction of sp³-hybridized carbons (Fsp3) is 0.316. The van der Waals surface area contributed by atoms with Crippen LogP contribution >= 0.6 is 11.6 Å². The number of carbonyl (C=O) groups is 1. The van der Waals surface area contributed by atoms with Gasteiger partial charge in [0.05, 0.1) is 0 Å². The van der Waals surface area contributed by atoms with Crippen LogP contribution in [-0.4, -0.2) is 23.8 Å². The highest BCUT2D eigenvalue weighted by atomic mass is 35.5. The average Bonchev–Trinajstić information content (AvgIpc) is 2.56. The van der Waals surface area contributed by atoms with E-state index in [1.807, 2.05) is 30.3 Å². The van der Waals surface area contributed by atoms with E-state index in [4.69, 9.17) is 11.6 Å². The molecule has 0 saturated carbocycles. The molecule has 2 aromatic carbocycles. The molecule has 0 aliphatic carbocycles. The van der Waals surface area contributed by atoms with Gasteiger partial charge in [0.1, 0.15) is 0 Å². The maximum absolute atomic E-state index is 12.8. The zero-order chi connectivity index (χ0) is 15.4. The molecule has 0 bridgehead atoms. The summed E-state index contributed by atoms with van der Waals surface area (Å²) in [7, 11) is 0. The van der Waals surface area contributed by atoms with E-state index in [1.165, 1.54) is 19.3 Å². The minimum absolute atomic E-state index is 0.0510. The molecule has 2 nitrogen and oxygen atoms in total. The lowest BCUT2D eigenvalue weighted by Gasteiger charge is -2.27. The lowest BCUT2D eigenvalue weighted by molar-refractivity contribution is 0.103. The summed E-state index contributed by atoms with van der Waals surface area (Å²) in [4.78, 5) is 15.2.